The van der Waals surface area contributed by atoms with Gasteiger partial charge in [0.15, 0.2) is 0 Å². The van der Waals surface area contributed by atoms with E-state index in [1.165, 1.54) is 70.8 Å². The minimum absolute atomic E-state index is 0.667. The second kappa shape index (κ2) is 10.3. The summed E-state index contributed by atoms with van der Waals surface area (Å²) in [5.41, 5.74) is 11.2. The molecule has 0 saturated carbocycles. The number of benzene rings is 8. The Labute approximate surface area is 297 Å². The monoisotopic (exact) mass is 660 g/mol. The van der Waals surface area contributed by atoms with Gasteiger partial charge in [0.25, 0.3) is 0 Å². The Kier molecular flexibility index (Phi) is 5.47. The largest absolute Gasteiger partial charge is 0.308 e. The Hall–Kier alpha value is -7.04. The van der Waals surface area contributed by atoms with Crippen LogP contribution in [-0.2, 0) is 0 Å². The Balaban J connectivity index is 1.22. The molecule has 12 rings (SSSR count). The molecule has 0 radical (unpaired) electrons. The average molecular weight is 661 g/mol. The van der Waals surface area contributed by atoms with Gasteiger partial charge in [0.2, 0.25) is 5.95 Å². The van der Waals surface area contributed by atoms with Gasteiger partial charge in [-0.25, -0.2) is 9.97 Å². The fourth-order valence-electron chi connectivity index (χ4n) is 8.73. The predicted molar refractivity (Wildman–Crippen MR) is 217 cm³/mol. The van der Waals surface area contributed by atoms with E-state index in [1.807, 2.05) is 0 Å². The van der Waals surface area contributed by atoms with Crippen LogP contribution in [0.2, 0.25) is 0 Å². The second-order valence-corrected chi connectivity index (χ2v) is 13.8. The lowest BCUT2D eigenvalue weighted by molar-refractivity contribution is 1.02. The summed E-state index contributed by atoms with van der Waals surface area (Å²) in [5, 5.41) is 10.9. The van der Waals surface area contributed by atoms with E-state index in [2.05, 4.69) is 179 Å². The van der Waals surface area contributed by atoms with Crippen LogP contribution < -0.4 is 0 Å². The first kappa shape index (κ1) is 27.7. The summed E-state index contributed by atoms with van der Waals surface area (Å²) in [6.45, 7) is 0. The van der Waals surface area contributed by atoms with Crippen molar-refractivity contribution in [2.45, 2.75) is 0 Å². The molecule has 52 heavy (non-hydrogen) atoms. The quantitative estimate of drug-likeness (QED) is 0.189. The molecule has 0 bridgehead atoms. The summed E-state index contributed by atoms with van der Waals surface area (Å²) in [4.78, 5) is 10.8. The van der Waals surface area contributed by atoms with Gasteiger partial charge in [-0.2, -0.15) is 0 Å². The van der Waals surface area contributed by atoms with E-state index in [1.54, 1.807) is 0 Å². The highest BCUT2D eigenvalue weighted by Gasteiger charge is 2.25. The van der Waals surface area contributed by atoms with Crippen molar-refractivity contribution >= 4 is 81.6 Å². The number of para-hydroxylation sites is 3. The summed E-state index contributed by atoms with van der Waals surface area (Å²) >= 11 is 0. The maximum absolute atomic E-state index is 5.47. The van der Waals surface area contributed by atoms with Crippen LogP contribution in [0.4, 0.5) is 0 Å². The summed E-state index contributed by atoms with van der Waals surface area (Å²) in [5.74, 6) is 0.667. The fraction of sp³-hybridized carbons (Fsp3) is 0. The molecule has 240 valence electrons. The van der Waals surface area contributed by atoms with Gasteiger partial charge in [0, 0.05) is 43.3 Å². The highest BCUT2D eigenvalue weighted by molar-refractivity contribution is 6.34. The molecule has 4 heterocycles. The van der Waals surface area contributed by atoms with Crippen LogP contribution in [0.1, 0.15) is 0 Å². The van der Waals surface area contributed by atoms with Gasteiger partial charge >= 0.3 is 0 Å². The van der Waals surface area contributed by atoms with E-state index in [9.17, 15) is 0 Å². The molecule has 0 unspecified atom stereocenters. The Morgan fingerprint density at radius 1 is 0.365 bits per heavy atom. The molecule has 0 aliphatic heterocycles. The molecule has 0 aliphatic carbocycles. The number of rotatable bonds is 3. The summed E-state index contributed by atoms with van der Waals surface area (Å²) in [6, 6.07) is 61.0. The molecule has 0 N–H and O–H groups in total. The molecule has 0 aliphatic rings. The van der Waals surface area contributed by atoms with Gasteiger partial charge < -0.3 is 4.40 Å². The zero-order valence-corrected chi connectivity index (χ0v) is 28.0. The van der Waals surface area contributed by atoms with Crippen LogP contribution in [0.15, 0.2) is 170 Å². The van der Waals surface area contributed by atoms with Crippen molar-refractivity contribution in [3.63, 3.8) is 0 Å². The molecule has 0 saturated heterocycles. The van der Waals surface area contributed by atoms with E-state index < -0.39 is 0 Å². The fourth-order valence-corrected chi connectivity index (χ4v) is 8.73. The van der Waals surface area contributed by atoms with Crippen LogP contribution in [0, 0.1) is 0 Å². The van der Waals surface area contributed by atoms with Crippen LogP contribution in [0.3, 0.4) is 0 Å². The predicted octanol–water partition coefficient (Wildman–Crippen LogP) is 12.4. The molecule has 0 amide bonds. The van der Waals surface area contributed by atoms with Crippen molar-refractivity contribution in [1.29, 1.82) is 0 Å². The van der Waals surface area contributed by atoms with E-state index in [-0.39, 0.29) is 0 Å². The maximum Gasteiger partial charge on any atom is 0.235 e. The molecular formula is C48H28N4. The topological polar surface area (TPSA) is 35.1 Å². The zero-order valence-electron chi connectivity index (χ0n) is 28.0. The van der Waals surface area contributed by atoms with Crippen LogP contribution in [-0.4, -0.2) is 18.9 Å². The molecule has 4 aromatic heterocycles. The lowest BCUT2D eigenvalue weighted by Crippen LogP contribution is -2.03. The van der Waals surface area contributed by atoms with E-state index >= 15 is 0 Å². The van der Waals surface area contributed by atoms with Gasteiger partial charge in [0.1, 0.15) is 0 Å². The van der Waals surface area contributed by atoms with Gasteiger partial charge in [-0.15, -0.1) is 0 Å². The number of aromatic nitrogens is 4. The molecule has 0 fully saturated rings. The first-order valence-electron chi connectivity index (χ1n) is 17.8. The first-order valence-corrected chi connectivity index (χ1v) is 17.8. The summed E-state index contributed by atoms with van der Waals surface area (Å²) in [7, 11) is 0. The van der Waals surface area contributed by atoms with Crippen LogP contribution in [0.25, 0.3) is 110 Å². The van der Waals surface area contributed by atoms with E-state index in [0.717, 1.165) is 33.2 Å². The van der Waals surface area contributed by atoms with Gasteiger partial charge in [-0.1, -0.05) is 133 Å². The first-order chi connectivity index (χ1) is 25.8. The van der Waals surface area contributed by atoms with Crippen molar-refractivity contribution in [3.8, 4) is 28.3 Å². The van der Waals surface area contributed by atoms with Crippen LogP contribution >= 0.6 is 0 Å². The number of fused-ring (bicyclic) bond motifs is 12. The van der Waals surface area contributed by atoms with Crippen molar-refractivity contribution < 1.29 is 0 Å². The lowest BCUT2D eigenvalue weighted by Gasteiger charge is -2.13. The van der Waals surface area contributed by atoms with Crippen LogP contribution in [0.5, 0.6) is 0 Å². The minimum Gasteiger partial charge on any atom is -0.308 e. The SMILES string of the molecule is c1ccc(-c2ccc(-c3nc(-n4c5ccccc5c5cc6c7cc8ccccc8cc7n7c8ccccc8c(c54)c67)nc4ccccc34)cc2)cc1. The number of hydrogen-bond acceptors (Lipinski definition) is 2. The van der Waals surface area contributed by atoms with Crippen molar-refractivity contribution in [1.82, 2.24) is 18.9 Å². The normalized spacial score (nSPS) is 12.2. The Morgan fingerprint density at radius 3 is 1.81 bits per heavy atom. The third kappa shape index (κ3) is 3.70. The average Bonchev–Trinajstić information content (AvgIpc) is 3.84. The highest BCUT2D eigenvalue weighted by atomic mass is 15.2. The summed E-state index contributed by atoms with van der Waals surface area (Å²) in [6.07, 6.45) is 0. The molecule has 12 aromatic rings. The molecule has 0 atom stereocenters. The van der Waals surface area contributed by atoms with Gasteiger partial charge in [0.05, 0.1) is 38.8 Å². The van der Waals surface area contributed by atoms with Crippen molar-refractivity contribution in [2.24, 2.45) is 0 Å². The lowest BCUT2D eigenvalue weighted by atomic mass is 10.0. The molecule has 8 aromatic carbocycles. The van der Waals surface area contributed by atoms with Crippen molar-refractivity contribution in [3.05, 3.63) is 170 Å². The standard InChI is InChI=1S/C48H28N4/c1-2-12-29(13-3-1)30-22-24-31(25-23-30)45-35-17-6-9-19-40(35)49-48(50-45)52-41-20-10-7-16-34(41)38-28-39-37-26-32-14-4-5-15-33(32)27-43(37)51-42-21-11-8-18-36(42)44(46(39)51)47(38)52/h1-28H. The third-order valence-electron chi connectivity index (χ3n) is 11.0. The van der Waals surface area contributed by atoms with Gasteiger partial charge in [-0.05, 0) is 58.3 Å². The zero-order chi connectivity index (χ0) is 33.9. The second-order valence-electron chi connectivity index (χ2n) is 13.8. The molecule has 4 heteroatoms. The smallest absolute Gasteiger partial charge is 0.235 e. The maximum atomic E-state index is 5.47. The molecule has 0 spiro atoms. The number of nitrogens with zero attached hydrogens (tertiary/aromatic N) is 4. The minimum atomic E-state index is 0.667. The van der Waals surface area contributed by atoms with E-state index in [0.29, 0.717) is 5.95 Å². The van der Waals surface area contributed by atoms with Gasteiger partial charge in [-0.3, -0.25) is 4.57 Å². The molecular weight excluding hydrogens is 633 g/mol. The Morgan fingerprint density at radius 2 is 0.981 bits per heavy atom. The number of hydrogen-bond donors (Lipinski definition) is 0. The highest BCUT2D eigenvalue weighted by Crippen LogP contribution is 2.47. The summed E-state index contributed by atoms with van der Waals surface area (Å²) < 4.78 is 4.79. The Bertz CT molecular complexity index is 3390. The van der Waals surface area contributed by atoms with E-state index in [4.69, 9.17) is 9.97 Å². The third-order valence-corrected chi connectivity index (χ3v) is 11.0. The molecule has 4 nitrogen and oxygen atoms in total. The van der Waals surface area contributed by atoms with Crippen molar-refractivity contribution in [2.75, 3.05) is 0 Å².